The van der Waals surface area contributed by atoms with Gasteiger partial charge in [-0.15, -0.1) is 11.3 Å². The Balaban J connectivity index is 1.53. The zero-order valence-corrected chi connectivity index (χ0v) is 17.7. The van der Waals surface area contributed by atoms with Gasteiger partial charge in [-0.25, -0.2) is 15.0 Å². The maximum absolute atomic E-state index is 12.8. The highest BCUT2D eigenvalue weighted by Gasteiger charge is 2.37. The van der Waals surface area contributed by atoms with E-state index >= 15 is 0 Å². The summed E-state index contributed by atoms with van der Waals surface area (Å²) in [5.74, 6) is -0.0308. The number of rotatable bonds is 4. The molecule has 11 heteroatoms. The van der Waals surface area contributed by atoms with E-state index in [4.69, 9.17) is 0 Å². The number of carbonyl (C=O) groups is 2. The van der Waals surface area contributed by atoms with E-state index in [1.807, 2.05) is 18.4 Å². The second-order valence-corrected chi connectivity index (χ2v) is 8.11. The number of aryl methyl sites for hydroxylation is 1. The van der Waals surface area contributed by atoms with Crippen LogP contribution in [0.25, 0.3) is 11.3 Å². The second-order valence-electron chi connectivity index (χ2n) is 7.05. The van der Waals surface area contributed by atoms with Crippen LogP contribution in [0.1, 0.15) is 28.5 Å². The fourth-order valence-electron chi connectivity index (χ4n) is 3.22. The molecule has 10 nitrogen and oxygen atoms in total. The minimum Gasteiger partial charge on any atom is -0.356 e. The molecule has 30 heavy (non-hydrogen) atoms. The van der Waals surface area contributed by atoms with Gasteiger partial charge in [0, 0.05) is 31.2 Å². The molecule has 1 aliphatic heterocycles. The van der Waals surface area contributed by atoms with E-state index in [2.05, 4.69) is 20.3 Å². The Morgan fingerprint density at radius 2 is 2.03 bits per heavy atom. The van der Waals surface area contributed by atoms with Gasteiger partial charge in [0.15, 0.2) is 11.5 Å². The summed E-state index contributed by atoms with van der Waals surface area (Å²) in [5, 5.41) is 15.8. The van der Waals surface area contributed by atoms with Crippen molar-refractivity contribution in [2.24, 2.45) is 0 Å². The molecule has 156 valence electrons. The van der Waals surface area contributed by atoms with Crippen molar-refractivity contribution in [2.45, 2.75) is 26.2 Å². The van der Waals surface area contributed by atoms with E-state index in [9.17, 15) is 14.7 Å². The van der Waals surface area contributed by atoms with Crippen LogP contribution >= 0.6 is 11.3 Å². The molecule has 0 radical (unpaired) electrons. The predicted octanol–water partition coefficient (Wildman–Crippen LogP) is 1.71. The van der Waals surface area contributed by atoms with E-state index in [1.165, 1.54) is 27.7 Å². The molecule has 1 aliphatic rings. The summed E-state index contributed by atoms with van der Waals surface area (Å²) in [4.78, 5) is 41.0. The number of anilines is 2. The first kappa shape index (κ1) is 20.0. The predicted molar refractivity (Wildman–Crippen MR) is 112 cm³/mol. The summed E-state index contributed by atoms with van der Waals surface area (Å²) in [6, 6.07) is 2.83. The number of fused-ring (bicyclic) bond motifs is 1. The third-order valence-electron chi connectivity index (χ3n) is 5.05. The summed E-state index contributed by atoms with van der Waals surface area (Å²) in [6.45, 7) is 3.61. The lowest BCUT2D eigenvalue weighted by molar-refractivity contribution is -0.118. The van der Waals surface area contributed by atoms with E-state index < -0.39 is 18.3 Å². The molecule has 0 saturated heterocycles. The Labute approximate surface area is 176 Å². The molecule has 3 aromatic rings. The molecule has 0 aromatic carbocycles. The average Bonchev–Trinajstić information content (AvgIpc) is 3.37. The number of nitrogens with one attached hydrogen (secondary N) is 1. The zero-order valence-electron chi connectivity index (χ0n) is 16.9. The normalized spacial score (nSPS) is 17.1. The fourth-order valence-corrected chi connectivity index (χ4v) is 3.84. The van der Waals surface area contributed by atoms with Crippen LogP contribution in [0.5, 0.6) is 0 Å². The van der Waals surface area contributed by atoms with Crippen molar-refractivity contribution in [3.8, 4) is 11.3 Å². The molecule has 2 amide bonds. The van der Waals surface area contributed by atoms with E-state index in [1.54, 1.807) is 37.6 Å². The molecular weight excluding hydrogens is 406 g/mol. The first-order valence-corrected chi connectivity index (χ1v) is 10.1. The van der Waals surface area contributed by atoms with E-state index in [-0.39, 0.29) is 11.6 Å². The van der Waals surface area contributed by atoms with E-state index in [0.717, 1.165) is 16.3 Å². The van der Waals surface area contributed by atoms with Crippen LogP contribution in [0.15, 0.2) is 30.0 Å². The lowest BCUT2D eigenvalue weighted by Crippen LogP contribution is -2.52. The Hall–Kier alpha value is -3.31. The number of hydrogen-bond donors (Lipinski definition) is 2. The third kappa shape index (κ3) is 3.31. The molecule has 0 saturated carbocycles. The van der Waals surface area contributed by atoms with Crippen LogP contribution in [0.2, 0.25) is 0 Å². The highest BCUT2D eigenvalue weighted by atomic mass is 32.1. The van der Waals surface area contributed by atoms with Gasteiger partial charge < -0.3 is 19.9 Å². The average molecular weight is 427 g/mol. The van der Waals surface area contributed by atoms with Gasteiger partial charge in [-0.3, -0.25) is 14.5 Å². The number of hydrogen-bond acceptors (Lipinski definition) is 8. The number of nitrogens with zero attached hydrogens (tertiary/aromatic N) is 6. The molecule has 4 heterocycles. The molecular formula is C19H21N7O3S. The number of thiazole rings is 1. The van der Waals surface area contributed by atoms with Gasteiger partial charge in [0.2, 0.25) is 12.3 Å². The van der Waals surface area contributed by atoms with Gasteiger partial charge in [0.25, 0.3) is 5.91 Å². The van der Waals surface area contributed by atoms with Crippen molar-refractivity contribution in [3.63, 3.8) is 0 Å². The maximum atomic E-state index is 12.8. The van der Waals surface area contributed by atoms with Crippen molar-refractivity contribution >= 4 is 34.8 Å². The number of carbonyl (C=O) groups excluding carboxylic acids is 2. The Morgan fingerprint density at radius 1 is 1.27 bits per heavy atom. The van der Waals surface area contributed by atoms with Crippen molar-refractivity contribution in [1.82, 2.24) is 24.4 Å². The molecule has 3 aromatic heterocycles. The quantitative estimate of drug-likeness (QED) is 0.651. The molecule has 2 atom stereocenters. The highest BCUT2D eigenvalue weighted by molar-refractivity contribution is 7.09. The molecule has 0 bridgehead atoms. The van der Waals surface area contributed by atoms with E-state index in [0.29, 0.717) is 11.6 Å². The number of aromatic nitrogens is 4. The number of aliphatic hydroxyl groups is 1. The SMILES string of the molecule is Cc1nc(-c2ccc(NC(=O)[C@H](C)n3cnc4c3C(=O)N(C)C(O)N4C)nc2)cs1. The first-order valence-electron chi connectivity index (χ1n) is 9.22. The minimum atomic E-state index is -1.11. The van der Waals surface area contributed by atoms with Crippen LogP contribution in [0.4, 0.5) is 11.6 Å². The van der Waals surface area contributed by atoms with Crippen molar-refractivity contribution in [3.05, 3.63) is 40.7 Å². The largest absolute Gasteiger partial charge is 0.356 e. The molecule has 0 aliphatic carbocycles. The molecule has 0 spiro atoms. The third-order valence-corrected chi connectivity index (χ3v) is 5.82. The topological polar surface area (TPSA) is 116 Å². The summed E-state index contributed by atoms with van der Waals surface area (Å²) >= 11 is 1.56. The zero-order chi connectivity index (χ0) is 21.6. The van der Waals surface area contributed by atoms with Crippen LogP contribution in [-0.2, 0) is 4.79 Å². The summed E-state index contributed by atoms with van der Waals surface area (Å²) < 4.78 is 1.50. The van der Waals surface area contributed by atoms with Crippen LogP contribution in [0, 0.1) is 6.92 Å². The van der Waals surface area contributed by atoms with Gasteiger partial charge in [-0.2, -0.15) is 0 Å². The number of pyridine rings is 1. The lowest BCUT2D eigenvalue weighted by Gasteiger charge is -2.36. The lowest BCUT2D eigenvalue weighted by atomic mass is 10.2. The maximum Gasteiger partial charge on any atom is 0.277 e. The number of amides is 2. The van der Waals surface area contributed by atoms with Crippen molar-refractivity contribution in [1.29, 1.82) is 0 Å². The monoisotopic (exact) mass is 427 g/mol. The van der Waals surface area contributed by atoms with Crippen LogP contribution < -0.4 is 10.2 Å². The summed E-state index contributed by atoms with van der Waals surface area (Å²) in [7, 11) is 3.12. The summed E-state index contributed by atoms with van der Waals surface area (Å²) in [6.07, 6.45) is 1.97. The first-order chi connectivity index (χ1) is 14.3. The summed E-state index contributed by atoms with van der Waals surface area (Å²) in [5.41, 5.74) is 1.95. The van der Waals surface area contributed by atoms with Gasteiger partial charge in [0.05, 0.1) is 17.0 Å². The molecule has 1 unspecified atom stereocenters. The number of aliphatic hydroxyl groups excluding tert-OH is 1. The van der Waals surface area contributed by atoms with Crippen LogP contribution in [0.3, 0.4) is 0 Å². The van der Waals surface area contributed by atoms with Gasteiger partial charge in [0.1, 0.15) is 11.9 Å². The standard InChI is InChI=1S/C19H21N7O3S/c1-10(26-9-21-16-15(26)18(28)25(4)19(29)24(16)3)17(27)23-14-6-5-12(7-20-14)13-8-30-11(2)22-13/h5-10,19,29H,1-4H3,(H,20,23,27)/t10-,19?/m0/s1. The van der Waals surface area contributed by atoms with Gasteiger partial charge in [-0.1, -0.05) is 0 Å². The highest BCUT2D eigenvalue weighted by Crippen LogP contribution is 2.29. The smallest absolute Gasteiger partial charge is 0.277 e. The van der Waals surface area contributed by atoms with Crippen molar-refractivity contribution < 1.29 is 14.7 Å². The fraction of sp³-hybridized carbons (Fsp3) is 0.316. The molecule has 0 fully saturated rings. The van der Waals surface area contributed by atoms with Crippen LogP contribution in [-0.4, -0.2) is 61.8 Å². The molecule has 4 rings (SSSR count). The second kappa shape index (κ2) is 7.50. The number of imidazole rings is 1. The van der Waals surface area contributed by atoms with Gasteiger partial charge in [-0.05, 0) is 26.0 Å². The Morgan fingerprint density at radius 3 is 2.67 bits per heavy atom. The Bertz CT molecular complexity index is 1110. The van der Waals surface area contributed by atoms with Gasteiger partial charge >= 0.3 is 0 Å². The minimum absolute atomic E-state index is 0.246. The molecule has 2 N–H and O–H groups in total. The van der Waals surface area contributed by atoms with Crippen molar-refractivity contribution in [2.75, 3.05) is 24.3 Å². The Kier molecular flexibility index (Phi) is 5.00.